The van der Waals surface area contributed by atoms with Crippen LogP contribution in [0.3, 0.4) is 0 Å². The van der Waals surface area contributed by atoms with Gasteiger partial charge in [0.15, 0.2) is 0 Å². The average Bonchev–Trinajstić information content (AvgIpc) is 2.62. The Morgan fingerprint density at radius 1 is 1.20 bits per heavy atom. The molecule has 1 aromatic carbocycles. The van der Waals surface area contributed by atoms with Crippen LogP contribution in [-0.2, 0) is 0 Å². The Morgan fingerprint density at radius 3 is 2.60 bits per heavy atom. The summed E-state index contributed by atoms with van der Waals surface area (Å²) in [5.74, 6) is 0. The Labute approximate surface area is 88.7 Å². The molecule has 1 aromatic heterocycles. The first-order valence-electron chi connectivity index (χ1n) is 4.23. The summed E-state index contributed by atoms with van der Waals surface area (Å²) in [4.78, 5) is 0. The fraction of sp³-hybridized carbons (Fsp3) is 0.0909. The lowest BCUT2D eigenvalue weighted by Crippen LogP contribution is -2.09. The highest BCUT2D eigenvalue weighted by atomic mass is 32.1. The van der Waals surface area contributed by atoms with Gasteiger partial charge in [0.2, 0.25) is 0 Å². The Hall–Kier alpha value is -1.29. The van der Waals surface area contributed by atoms with Gasteiger partial charge in [-0.2, -0.15) is 13.2 Å². The molecule has 0 spiro atoms. The Balaban J connectivity index is 2.62. The van der Waals surface area contributed by atoms with E-state index in [0.29, 0.717) is 4.70 Å². The van der Waals surface area contributed by atoms with E-state index >= 15 is 0 Å². The first-order chi connectivity index (χ1) is 7.00. The minimum atomic E-state index is -4.36. The standard InChI is InChI=1S/C11H7F3S/c1-7(11(12,13)14)9-4-2-3-8-5-6-15-10(8)9/h2-6H,1H2. The van der Waals surface area contributed by atoms with Crippen molar-refractivity contribution in [3.05, 3.63) is 41.8 Å². The van der Waals surface area contributed by atoms with Crippen LogP contribution in [0.4, 0.5) is 13.2 Å². The molecule has 0 atom stereocenters. The minimum Gasteiger partial charge on any atom is -0.166 e. The third kappa shape index (κ3) is 1.77. The number of hydrogen-bond acceptors (Lipinski definition) is 1. The smallest absolute Gasteiger partial charge is 0.166 e. The maximum Gasteiger partial charge on any atom is 0.416 e. The van der Waals surface area contributed by atoms with E-state index in [-0.39, 0.29) is 5.56 Å². The van der Waals surface area contributed by atoms with Crippen molar-refractivity contribution in [1.29, 1.82) is 0 Å². The largest absolute Gasteiger partial charge is 0.416 e. The van der Waals surface area contributed by atoms with Gasteiger partial charge in [-0.05, 0) is 16.8 Å². The van der Waals surface area contributed by atoms with E-state index in [1.165, 1.54) is 17.4 Å². The van der Waals surface area contributed by atoms with Crippen LogP contribution >= 0.6 is 11.3 Å². The van der Waals surface area contributed by atoms with Crippen LogP contribution < -0.4 is 0 Å². The van der Waals surface area contributed by atoms with Gasteiger partial charge in [0.05, 0.1) is 5.57 Å². The second-order valence-electron chi connectivity index (χ2n) is 3.12. The van der Waals surface area contributed by atoms with E-state index in [1.807, 2.05) is 0 Å². The SMILES string of the molecule is C=C(c1cccc2ccsc12)C(F)(F)F. The zero-order valence-corrected chi connectivity index (χ0v) is 8.45. The first kappa shape index (κ1) is 10.2. The summed E-state index contributed by atoms with van der Waals surface area (Å²) in [6.45, 7) is 3.11. The van der Waals surface area contributed by atoms with E-state index in [1.54, 1.807) is 23.6 Å². The minimum absolute atomic E-state index is 0.176. The monoisotopic (exact) mass is 228 g/mol. The number of allylic oxidation sites excluding steroid dienone is 1. The van der Waals surface area contributed by atoms with Crippen molar-refractivity contribution in [3.63, 3.8) is 0 Å². The lowest BCUT2D eigenvalue weighted by atomic mass is 10.1. The molecule has 78 valence electrons. The van der Waals surface area contributed by atoms with Crippen molar-refractivity contribution in [1.82, 2.24) is 0 Å². The van der Waals surface area contributed by atoms with Gasteiger partial charge in [-0.25, -0.2) is 0 Å². The maximum atomic E-state index is 12.5. The highest BCUT2D eigenvalue weighted by Gasteiger charge is 2.33. The number of thiophene rings is 1. The Bertz CT molecular complexity index is 508. The molecule has 0 bridgehead atoms. The van der Waals surface area contributed by atoms with Gasteiger partial charge in [-0.15, -0.1) is 11.3 Å². The van der Waals surface area contributed by atoms with Gasteiger partial charge in [0.1, 0.15) is 0 Å². The van der Waals surface area contributed by atoms with E-state index in [0.717, 1.165) is 5.39 Å². The van der Waals surface area contributed by atoms with Crippen molar-refractivity contribution >= 4 is 27.0 Å². The number of fused-ring (bicyclic) bond motifs is 1. The third-order valence-corrected chi connectivity index (χ3v) is 3.11. The predicted octanol–water partition coefficient (Wildman–Crippen LogP) is 4.48. The van der Waals surface area contributed by atoms with Crippen LogP contribution in [0.5, 0.6) is 0 Å². The molecule has 2 aromatic rings. The van der Waals surface area contributed by atoms with Gasteiger partial charge in [-0.3, -0.25) is 0 Å². The molecule has 0 radical (unpaired) electrons. The number of hydrogen-bond donors (Lipinski definition) is 0. The Morgan fingerprint density at radius 2 is 1.93 bits per heavy atom. The maximum absolute atomic E-state index is 12.5. The quantitative estimate of drug-likeness (QED) is 0.675. The van der Waals surface area contributed by atoms with Crippen LogP contribution in [0.2, 0.25) is 0 Å². The zero-order chi connectivity index (χ0) is 11.1. The molecule has 0 aliphatic carbocycles. The molecule has 0 N–H and O–H groups in total. The van der Waals surface area contributed by atoms with Crippen molar-refractivity contribution in [2.24, 2.45) is 0 Å². The molecular weight excluding hydrogens is 221 g/mol. The molecule has 15 heavy (non-hydrogen) atoms. The number of alkyl halides is 3. The second kappa shape index (κ2) is 3.38. The van der Waals surface area contributed by atoms with E-state index < -0.39 is 11.7 Å². The fourth-order valence-corrected chi connectivity index (χ4v) is 2.32. The number of benzene rings is 1. The summed E-state index contributed by atoms with van der Waals surface area (Å²) in [5.41, 5.74) is -0.606. The van der Waals surface area contributed by atoms with Gasteiger partial charge >= 0.3 is 6.18 Å². The van der Waals surface area contributed by atoms with Gasteiger partial charge in [0.25, 0.3) is 0 Å². The van der Waals surface area contributed by atoms with Crippen LogP contribution in [0.1, 0.15) is 5.56 Å². The summed E-state index contributed by atoms with van der Waals surface area (Å²) in [7, 11) is 0. The van der Waals surface area contributed by atoms with E-state index in [2.05, 4.69) is 6.58 Å². The lowest BCUT2D eigenvalue weighted by molar-refractivity contribution is -0.0685. The third-order valence-electron chi connectivity index (χ3n) is 2.15. The van der Waals surface area contributed by atoms with Gasteiger partial charge < -0.3 is 0 Å². The van der Waals surface area contributed by atoms with Crippen LogP contribution in [0.15, 0.2) is 36.2 Å². The molecule has 2 rings (SSSR count). The summed E-state index contributed by atoms with van der Waals surface area (Å²) >= 11 is 1.30. The molecule has 0 aliphatic heterocycles. The molecule has 0 saturated carbocycles. The Kier molecular flexibility index (Phi) is 2.31. The fourth-order valence-electron chi connectivity index (χ4n) is 1.38. The highest BCUT2D eigenvalue weighted by Crippen LogP contribution is 2.37. The predicted molar refractivity (Wildman–Crippen MR) is 56.9 cm³/mol. The molecule has 0 amide bonds. The first-order valence-corrected chi connectivity index (χ1v) is 5.11. The summed E-state index contributed by atoms with van der Waals surface area (Å²) in [6, 6.07) is 6.65. The molecule has 0 nitrogen and oxygen atoms in total. The molecule has 4 heteroatoms. The van der Waals surface area contributed by atoms with Crippen molar-refractivity contribution < 1.29 is 13.2 Å². The topological polar surface area (TPSA) is 0 Å². The van der Waals surface area contributed by atoms with Crippen LogP contribution in [-0.4, -0.2) is 6.18 Å². The average molecular weight is 228 g/mol. The normalized spacial score (nSPS) is 11.9. The van der Waals surface area contributed by atoms with Crippen LogP contribution in [0.25, 0.3) is 15.7 Å². The van der Waals surface area contributed by atoms with Crippen molar-refractivity contribution in [2.45, 2.75) is 6.18 Å². The summed E-state index contributed by atoms with van der Waals surface area (Å²) in [6.07, 6.45) is -4.36. The highest BCUT2D eigenvalue weighted by molar-refractivity contribution is 7.17. The molecule has 0 fully saturated rings. The van der Waals surface area contributed by atoms with E-state index in [9.17, 15) is 13.2 Å². The molecular formula is C11H7F3S. The molecule has 0 aliphatic rings. The van der Waals surface area contributed by atoms with Gasteiger partial charge in [0, 0.05) is 10.3 Å². The molecule has 0 saturated heterocycles. The number of halogens is 3. The summed E-state index contributed by atoms with van der Waals surface area (Å²) < 4.78 is 38.1. The zero-order valence-electron chi connectivity index (χ0n) is 7.64. The second-order valence-corrected chi connectivity index (χ2v) is 4.04. The molecule has 0 unspecified atom stereocenters. The summed E-state index contributed by atoms with van der Waals surface area (Å²) in [5, 5.41) is 2.60. The van der Waals surface area contributed by atoms with Gasteiger partial charge in [-0.1, -0.05) is 24.8 Å². The van der Waals surface area contributed by atoms with E-state index in [4.69, 9.17) is 0 Å². The molecule has 1 heterocycles. The van der Waals surface area contributed by atoms with Crippen LogP contribution in [0, 0.1) is 0 Å². The number of rotatable bonds is 1. The van der Waals surface area contributed by atoms with Crippen molar-refractivity contribution in [3.8, 4) is 0 Å². The van der Waals surface area contributed by atoms with Crippen molar-refractivity contribution in [2.75, 3.05) is 0 Å². The lowest BCUT2D eigenvalue weighted by Gasteiger charge is -2.10.